The first-order valence-electron chi connectivity index (χ1n) is 9.52. The van der Waals surface area contributed by atoms with E-state index in [2.05, 4.69) is 15.5 Å². The molecule has 158 valence electrons. The normalized spacial score (nSPS) is 20.2. The lowest BCUT2D eigenvalue weighted by Gasteiger charge is -2.35. The van der Waals surface area contributed by atoms with Gasteiger partial charge in [-0.1, -0.05) is 11.6 Å². The van der Waals surface area contributed by atoms with Crippen molar-refractivity contribution in [1.82, 2.24) is 4.31 Å². The van der Waals surface area contributed by atoms with Crippen LogP contribution in [0.15, 0.2) is 47.4 Å². The molecule has 8 nitrogen and oxygen atoms in total. The van der Waals surface area contributed by atoms with Crippen molar-refractivity contribution in [3.63, 3.8) is 0 Å². The molecule has 0 aliphatic carbocycles. The molecule has 1 atom stereocenters. The van der Waals surface area contributed by atoms with Crippen LogP contribution in [-0.4, -0.2) is 50.7 Å². The fraction of sp³-hybridized carbons (Fsp3) is 0.300. The van der Waals surface area contributed by atoms with Crippen molar-refractivity contribution in [1.29, 1.82) is 0 Å². The number of hydrogen-bond donors (Lipinski definition) is 2. The van der Waals surface area contributed by atoms with Crippen molar-refractivity contribution in [3.8, 4) is 0 Å². The van der Waals surface area contributed by atoms with Crippen LogP contribution in [0.25, 0.3) is 0 Å². The molecular weight excluding hydrogens is 428 g/mol. The van der Waals surface area contributed by atoms with Gasteiger partial charge in [0.05, 0.1) is 16.3 Å². The monoisotopic (exact) mass is 448 g/mol. The second kappa shape index (κ2) is 7.90. The standard InChI is InChI=1S/C20H21ClN4O4S/c1-13-19(26)22-17-7-6-16(12-18(17)23-20(13)27)30(28,29)25-10-8-24(9-11-25)15-4-2-14(21)3-5-15/h2-7,12-13H,8-11H2,1H3,(H,22,26)(H,23,27). The predicted molar refractivity (Wildman–Crippen MR) is 115 cm³/mol. The number of rotatable bonds is 3. The number of benzene rings is 2. The van der Waals surface area contributed by atoms with Crippen LogP contribution in [0.4, 0.5) is 17.1 Å². The Labute approximate surface area is 179 Å². The minimum Gasteiger partial charge on any atom is -0.369 e. The number of carbonyl (C=O) groups is 2. The fourth-order valence-corrected chi connectivity index (χ4v) is 5.06. The van der Waals surface area contributed by atoms with Crippen LogP contribution in [0.5, 0.6) is 0 Å². The van der Waals surface area contributed by atoms with Gasteiger partial charge in [0.15, 0.2) is 0 Å². The molecule has 1 saturated heterocycles. The van der Waals surface area contributed by atoms with Gasteiger partial charge < -0.3 is 15.5 Å². The third-order valence-corrected chi connectivity index (χ3v) is 7.51. The maximum atomic E-state index is 13.1. The maximum Gasteiger partial charge on any atom is 0.243 e. The molecule has 10 heteroatoms. The molecule has 0 radical (unpaired) electrons. The Morgan fingerprint density at radius 3 is 2.13 bits per heavy atom. The number of anilines is 3. The highest BCUT2D eigenvalue weighted by molar-refractivity contribution is 7.89. The summed E-state index contributed by atoms with van der Waals surface area (Å²) < 4.78 is 27.7. The van der Waals surface area contributed by atoms with E-state index in [0.29, 0.717) is 36.9 Å². The SMILES string of the molecule is CC1C(=O)Nc2ccc(S(=O)(=O)N3CCN(c4ccc(Cl)cc4)CC3)cc2NC1=O. The zero-order valence-electron chi connectivity index (χ0n) is 16.3. The predicted octanol–water partition coefficient (Wildman–Crippen LogP) is 2.38. The number of nitrogens with zero attached hydrogens (tertiary/aromatic N) is 2. The first kappa shape index (κ1) is 20.6. The number of halogens is 1. The van der Waals surface area contributed by atoms with Crippen molar-refractivity contribution in [2.24, 2.45) is 5.92 Å². The third kappa shape index (κ3) is 3.88. The molecule has 0 aromatic heterocycles. The summed E-state index contributed by atoms with van der Waals surface area (Å²) in [5.41, 5.74) is 1.65. The molecule has 2 amide bonds. The smallest absolute Gasteiger partial charge is 0.243 e. The van der Waals surface area contributed by atoms with Gasteiger partial charge in [0, 0.05) is 36.9 Å². The molecule has 2 aromatic rings. The Balaban J connectivity index is 1.52. The molecule has 2 heterocycles. The first-order chi connectivity index (χ1) is 14.3. The topological polar surface area (TPSA) is 98.8 Å². The molecule has 0 spiro atoms. The average Bonchev–Trinajstić information content (AvgIpc) is 2.84. The average molecular weight is 449 g/mol. The van der Waals surface area contributed by atoms with Crippen molar-refractivity contribution in [3.05, 3.63) is 47.5 Å². The highest BCUT2D eigenvalue weighted by Gasteiger charge is 2.31. The molecule has 4 rings (SSSR count). The van der Waals surface area contributed by atoms with E-state index < -0.39 is 27.8 Å². The Bertz CT molecular complexity index is 1100. The molecule has 1 fully saturated rings. The van der Waals surface area contributed by atoms with Crippen LogP contribution < -0.4 is 15.5 Å². The summed E-state index contributed by atoms with van der Waals surface area (Å²) >= 11 is 5.93. The van der Waals surface area contributed by atoms with Crippen LogP contribution in [0, 0.1) is 5.92 Å². The van der Waals surface area contributed by atoms with Crippen molar-refractivity contribution < 1.29 is 18.0 Å². The quantitative estimate of drug-likeness (QED) is 0.702. The van der Waals surface area contributed by atoms with E-state index in [0.717, 1.165) is 5.69 Å². The van der Waals surface area contributed by atoms with Crippen LogP contribution >= 0.6 is 11.6 Å². The van der Waals surface area contributed by atoms with E-state index in [1.807, 2.05) is 24.3 Å². The Morgan fingerprint density at radius 2 is 1.50 bits per heavy atom. The molecule has 1 unspecified atom stereocenters. The highest BCUT2D eigenvalue weighted by atomic mass is 35.5. The number of amides is 2. The van der Waals surface area contributed by atoms with Gasteiger partial charge in [-0.25, -0.2) is 8.42 Å². The molecule has 2 N–H and O–H groups in total. The van der Waals surface area contributed by atoms with Crippen LogP contribution in [0.1, 0.15) is 6.92 Å². The summed E-state index contributed by atoms with van der Waals surface area (Å²) in [6.07, 6.45) is 0. The fourth-order valence-electron chi connectivity index (χ4n) is 3.48. The number of hydrogen-bond acceptors (Lipinski definition) is 5. The Hall–Kier alpha value is -2.62. The zero-order valence-corrected chi connectivity index (χ0v) is 17.8. The number of nitrogens with one attached hydrogen (secondary N) is 2. The van der Waals surface area contributed by atoms with Crippen LogP contribution in [-0.2, 0) is 19.6 Å². The minimum atomic E-state index is -3.74. The lowest BCUT2D eigenvalue weighted by Crippen LogP contribution is -2.48. The summed E-state index contributed by atoms with van der Waals surface area (Å²) in [6, 6.07) is 11.8. The van der Waals surface area contributed by atoms with E-state index in [-0.39, 0.29) is 10.6 Å². The van der Waals surface area contributed by atoms with Gasteiger partial charge in [-0.15, -0.1) is 0 Å². The van der Waals surface area contributed by atoms with E-state index in [1.54, 1.807) is 0 Å². The summed E-state index contributed by atoms with van der Waals surface area (Å²) in [4.78, 5) is 26.3. The lowest BCUT2D eigenvalue weighted by atomic mass is 10.1. The van der Waals surface area contributed by atoms with Gasteiger partial charge in [0.2, 0.25) is 21.8 Å². The third-order valence-electron chi connectivity index (χ3n) is 5.36. The van der Waals surface area contributed by atoms with Gasteiger partial charge in [0.25, 0.3) is 0 Å². The minimum absolute atomic E-state index is 0.0743. The van der Waals surface area contributed by atoms with Crippen molar-refractivity contribution in [2.75, 3.05) is 41.7 Å². The molecule has 30 heavy (non-hydrogen) atoms. The molecular formula is C20H21ClN4O4S. The maximum absolute atomic E-state index is 13.1. The number of fused-ring (bicyclic) bond motifs is 1. The van der Waals surface area contributed by atoms with E-state index in [4.69, 9.17) is 11.6 Å². The summed E-state index contributed by atoms with van der Waals surface area (Å²) in [5, 5.41) is 5.92. The van der Waals surface area contributed by atoms with E-state index in [9.17, 15) is 18.0 Å². The van der Waals surface area contributed by atoms with Gasteiger partial charge in [-0.05, 0) is 49.4 Å². The van der Waals surface area contributed by atoms with E-state index in [1.165, 1.54) is 29.4 Å². The van der Waals surface area contributed by atoms with Crippen LogP contribution in [0.3, 0.4) is 0 Å². The Morgan fingerprint density at radius 1 is 0.900 bits per heavy atom. The summed E-state index contributed by atoms with van der Waals surface area (Å²) in [5.74, 6) is -1.77. The van der Waals surface area contributed by atoms with Gasteiger partial charge in [-0.2, -0.15) is 4.31 Å². The van der Waals surface area contributed by atoms with E-state index >= 15 is 0 Å². The number of piperazine rings is 1. The van der Waals surface area contributed by atoms with Gasteiger partial charge in [-0.3, -0.25) is 9.59 Å². The summed E-state index contributed by atoms with van der Waals surface area (Å²) in [7, 11) is -3.74. The molecule has 0 bridgehead atoms. The second-order valence-electron chi connectivity index (χ2n) is 7.28. The highest BCUT2D eigenvalue weighted by Crippen LogP contribution is 2.30. The largest absolute Gasteiger partial charge is 0.369 e. The summed E-state index contributed by atoms with van der Waals surface area (Å²) in [6.45, 7) is 3.27. The molecule has 2 aliphatic heterocycles. The van der Waals surface area contributed by atoms with Gasteiger partial charge >= 0.3 is 0 Å². The van der Waals surface area contributed by atoms with Crippen molar-refractivity contribution >= 4 is 50.5 Å². The Kier molecular flexibility index (Phi) is 5.44. The molecule has 2 aromatic carbocycles. The zero-order chi connectivity index (χ0) is 21.5. The lowest BCUT2D eigenvalue weighted by molar-refractivity contribution is -0.128. The van der Waals surface area contributed by atoms with Crippen molar-refractivity contribution in [2.45, 2.75) is 11.8 Å². The number of sulfonamides is 1. The first-order valence-corrected chi connectivity index (χ1v) is 11.3. The van der Waals surface area contributed by atoms with Gasteiger partial charge in [0.1, 0.15) is 5.92 Å². The molecule has 0 saturated carbocycles. The van der Waals surface area contributed by atoms with Crippen LogP contribution in [0.2, 0.25) is 5.02 Å². The molecule has 2 aliphatic rings. The number of carbonyl (C=O) groups excluding carboxylic acids is 2. The second-order valence-corrected chi connectivity index (χ2v) is 9.65.